The van der Waals surface area contributed by atoms with Crippen LogP contribution in [0.5, 0.6) is 0 Å². The van der Waals surface area contributed by atoms with Crippen LogP contribution in [0.3, 0.4) is 0 Å². The SMILES string of the molecule is CCCCCCCCCCCC.O=C=O. The molecule has 2 heteroatoms. The Morgan fingerprint density at radius 1 is 0.600 bits per heavy atom. The van der Waals surface area contributed by atoms with Gasteiger partial charge >= 0.3 is 6.15 Å². The Morgan fingerprint density at radius 2 is 0.800 bits per heavy atom. The average molecular weight is 214 g/mol. The van der Waals surface area contributed by atoms with E-state index in [4.69, 9.17) is 9.59 Å². The van der Waals surface area contributed by atoms with Crippen LogP contribution in [0.1, 0.15) is 78.1 Å². The van der Waals surface area contributed by atoms with Crippen LogP contribution in [0.2, 0.25) is 0 Å². The van der Waals surface area contributed by atoms with E-state index in [9.17, 15) is 0 Å². The molecule has 0 N–H and O–H groups in total. The molecule has 0 heterocycles. The van der Waals surface area contributed by atoms with Gasteiger partial charge in [0.05, 0.1) is 0 Å². The Kier molecular flexibility index (Phi) is 21.3. The number of rotatable bonds is 9. The minimum absolute atomic E-state index is 0.250. The second-order valence-corrected chi connectivity index (χ2v) is 3.91. The van der Waals surface area contributed by atoms with Crippen LogP contribution in [0.4, 0.5) is 0 Å². The fraction of sp³-hybridized carbons (Fsp3) is 0.923. The van der Waals surface area contributed by atoms with E-state index in [1.165, 1.54) is 64.2 Å². The number of unbranched alkanes of at least 4 members (excludes halogenated alkanes) is 9. The van der Waals surface area contributed by atoms with E-state index < -0.39 is 0 Å². The molecule has 0 aromatic carbocycles. The predicted molar refractivity (Wildman–Crippen MR) is 62.5 cm³/mol. The third-order valence-corrected chi connectivity index (χ3v) is 2.46. The quantitative estimate of drug-likeness (QED) is 0.535. The van der Waals surface area contributed by atoms with Gasteiger partial charge in [0, 0.05) is 0 Å². The predicted octanol–water partition coefficient (Wildman–Crippen LogP) is 4.34. The molecule has 0 saturated carbocycles. The van der Waals surface area contributed by atoms with Crippen molar-refractivity contribution in [3.05, 3.63) is 0 Å². The lowest BCUT2D eigenvalue weighted by Crippen LogP contribution is -1.80. The first-order chi connectivity index (χ1) is 7.33. The summed E-state index contributed by atoms with van der Waals surface area (Å²) < 4.78 is 0. The van der Waals surface area contributed by atoms with Crippen molar-refractivity contribution >= 4 is 6.15 Å². The molecule has 0 saturated heterocycles. The van der Waals surface area contributed by atoms with Gasteiger partial charge in [-0.1, -0.05) is 78.1 Å². The molecule has 0 atom stereocenters. The number of hydrogen-bond acceptors (Lipinski definition) is 2. The topological polar surface area (TPSA) is 34.1 Å². The molecule has 0 amide bonds. The largest absolute Gasteiger partial charge is 0.373 e. The van der Waals surface area contributed by atoms with Gasteiger partial charge in [-0.2, -0.15) is 9.59 Å². The molecule has 2 nitrogen and oxygen atoms in total. The molecule has 0 bridgehead atoms. The summed E-state index contributed by atoms with van der Waals surface area (Å²) in [5.41, 5.74) is 0. The molecule has 0 aliphatic heterocycles. The zero-order valence-corrected chi connectivity index (χ0v) is 10.4. The van der Waals surface area contributed by atoms with Gasteiger partial charge in [-0.05, 0) is 0 Å². The van der Waals surface area contributed by atoms with Crippen molar-refractivity contribution < 1.29 is 9.59 Å². The highest BCUT2D eigenvalue weighted by atomic mass is 16.2. The molecule has 0 spiro atoms. The molecule has 90 valence electrons. The summed E-state index contributed by atoms with van der Waals surface area (Å²) in [6.07, 6.45) is 14.7. The summed E-state index contributed by atoms with van der Waals surface area (Å²) in [7, 11) is 0. The van der Waals surface area contributed by atoms with E-state index in [2.05, 4.69) is 13.8 Å². The first kappa shape index (κ1) is 16.8. The monoisotopic (exact) mass is 214 g/mol. The van der Waals surface area contributed by atoms with Crippen molar-refractivity contribution in [3.63, 3.8) is 0 Å². The Hall–Kier alpha value is -0.620. The molecular weight excluding hydrogens is 188 g/mol. The normalized spacial score (nSPS) is 8.93. The number of hydrogen-bond donors (Lipinski definition) is 0. The highest BCUT2D eigenvalue weighted by Gasteiger charge is 1.90. The highest BCUT2D eigenvalue weighted by molar-refractivity contribution is 5.20. The summed E-state index contributed by atoms with van der Waals surface area (Å²) >= 11 is 0. The molecule has 15 heavy (non-hydrogen) atoms. The Morgan fingerprint density at radius 3 is 1.00 bits per heavy atom. The molecule has 0 unspecified atom stereocenters. The zero-order chi connectivity index (χ0) is 11.8. The zero-order valence-electron chi connectivity index (χ0n) is 10.4. The fourth-order valence-electron chi connectivity index (χ4n) is 1.56. The third-order valence-electron chi connectivity index (χ3n) is 2.46. The minimum atomic E-state index is 0.250. The maximum absolute atomic E-state index is 8.12. The molecule has 0 fully saturated rings. The molecule has 0 aliphatic carbocycles. The number of carbonyl (C=O) groups excluding carboxylic acids is 2. The lowest BCUT2D eigenvalue weighted by molar-refractivity contribution is -0.191. The average Bonchev–Trinajstić information content (AvgIpc) is 2.23. The van der Waals surface area contributed by atoms with E-state index in [0.29, 0.717) is 0 Å². The maximum atomic E-state index is 8.12. The molecule has 0 rings (SSSR count). The lowest BCUT2D eigenvalue weighted by atomic mass is 10.1. The fourth-order valence-corrected chi connectivity index (χ4v) is 1.56. The summed E-state index contributed by atoms with van der Waals surface area (Å²) in [6, 6.07) is 0. The maximum Gasteiger partial charge on any atom is 0.373 e. The smallest absolute Gasteiger partial charge is 0.186 e. The van der Waals surface area contributed by atoms with Gasteiger partial charge in [0.25, 0.3) is 0 Å². The summed E-state index contributed by atoms with van der Waals surface area (Å²) in [6.45, 7) is 4.56. The standard InChI is InChI=1S/C12H26.CO2/c1-3-5-7-9-11-12-10-8-6-4-2;2-1-3/h3-12H2,1-2H3;. The minimum Gasteiger partial charge on any atom is -0.186 e. The first-order valence-electron chi connectivity index (χ1n) is 6.32. The van der Waals surface area contributed by atoms with Gasteiger partial charge in [-0.15, -0.1) is 0 Å². The molecule has 0 aromatic heterocycles. The van der Waals surface area contributed by atoms with Crippen LogP contribution < -0.4 is 0 Å². The second kappa shape index (κ2) is 19.0. The summed E-state index contributed by atoms with van der Waals surface area (Å²) in [5.74, 6) is 0. The Bertz CT molecular complexity index is 116. The van der Waals surface area contributed by atoms with Crippen LogP contribution in [-0.4, -0.2) is 6.15 Å². The van der Waals surface area contributed by atoms with E-state index in [0.717, 1.165) is 0 Å². The van der Waals surface area contributed by atoms with Crippen molar-refractivity contribution in [1.82, 2.24) is 0 Å². The second-order valence-electron chi connectivity index (χ2n) is 3.91. The van der Waals surface area contributed by atoms with Gasteiger partial charge in [0.15, 0.2) is 0 Å². The Balaban J connectivity index is 0. The van der Waals surface area contributed by atoms with Crippen molar-refractivity contribution in [2.24, 2.45) is 0 Å². The van der Waals surface area contributed by atoms with Gasteiger partial charge in [0.2, 0.25) is 0 Å². The van der Waals surface area contributed by atoms with Crippen LogP contribution in [0, 0.1) is 0 Å². The summed E-state index contributed by atoms with van der Waals surface area (Å²) in [5, 5.41) is 0. The van der Waals surface area contributed by atoms with Crippen LogP contribution in [0.15, 0.2) is 0 Å². The van der Waals surface area contributed by atoms with E-state index in [-0.39, 0.29) is 6.15 Å². The van der Waals surface area contributed by atoms with Gasteiger partial charge in [-0.3, -0.25) is 0 Å². The van der Waals surface area contributed by atoms with E-state index in [1.807, 2.05) is 0 Å². The Labute approximate surface area is 94.4 Å². The molecular formula is C13H26O2. The third kappa shape index (κ3) is 24.7. The van der Waals surface area contributed by atoms with Crippen molar-refractivity contribution in [1.29, 1.82) is 0 Å². The van der Waals surface area contributed by atoms with Crippen LogP contribution in [-0.2, 0) is 9.59 Å². The van der Waals surface area contributed by atoms with E-state index in [1.54, 1.807) is 0 Å². The van der Waals surface area contributed by atoms with Gasteiger partial charge in [-0.25, -0.2) is 0 Å². The molecule has 0 radical (unpaired) electrons. The first-order valence-corrected chi connectivity index (χ1v) is 6.32. The van der Waals surface area contributed by atoms with Crippen molar-refractivity contribution in [2.75, 3.05) is 0 Å². The van der Waals surface area contributed by atoms with Crippen molar-refractivity contribution in [2.45, 2.75) is 78.1 Å². The molecule has 0 aliphatic rings. The summed E-state index contributed by atoms with van der Waals surface area (Å²) in [4.78, 5) is 16.2. The van der Waals surface area contributed by atoms with Crippen molar-refractivity contribution in [3.8, 4) is 0 Å². The van der Waals surface area contributed by atoms with Crippen LogP contribution in [0.25, 0.3) is 0 Å². The van der Waals surface area contributed by atoms with Gasteiger partial charge in [0.1, 0.15) is 0 Å². The van der Waals surface area contributed by atoms with Crippen LogP contribution >= 0.6 is 0 Å². The molecule has 0 aromatic rings. The van der Waals surface area contributed by atoms with E-state index >= 15 is 0 Å². The lowest BCUT2D eigenvalue weighted by Gasteiger charge is -1.99. The van der Waals surface area contributed by atoms with Gasteiger partial charge < -0.3 is 0 Å². The highest BCUT2D eigenvalue weighted by Crippen LogP contribution is 2.09.